The smallest absolute Gasteiger partial charge is 0.272 e. The van der Waals surface area contributed by atoms with Crippen molar-refractivity contribution in [1.29, 1.82) is 0 Å². The quantitative estimate of drug-likeness (QED) is 0.926. The molecule has 2 aromatic heterocycles. The highest BCUT2D eigenvalue weighted by atomic mass is 16.5. The molecule has 7 heteroatoms. The maximum Gasteiger partial charge on any atom is 0.272 e. The molecule has 1 N–H and O–H groups in total. The molecule has 23 heavy (non-hydrogen) atoms. The predicted octanol–water partition coefficient (Wildman–Crippen LogP) is 1.39. The lowest BCUT2D eigenvalue weighted by Gasteiger charge is -2.32. The van der Waals surface area contributed by atoms with Crippen molar-refractivity contribution >= 4 is 11.6 Å². The molecule has 3 heterocycles. The monoisotopic (exact) mass is 315 g/mol. The van der Waals surface area contributed by atoms with E-state index in [1.807, 2.05) is 38.1 Å². The van der Waals surface area contributed by atoms with Gasteiger partial charge in [-0.3, -0.25) is 14.9 Å². The minimum absolute atomic E-state index is 0.0590. The van der Waals surface area contributed by atoms with Crippen LogP contribution in [-0.2, 0) is 4.74 Å². The summed E-state index contributed by atoms with van der Waals surface area (Å²) in [4.78, 5) is 20.9. The Balaban J connectivity index is 1.80. The molecule has 1 fully saturated rings. The number of H-pyrrole nitrogens is 1. The Bertz CT molecular complexity index is 684. The third-order valence-electron chi connectivity index (χ3n) is 3.89. The Hall–Kier alpha value is -2.41. The molecule has 0 unspecified atom stereocenters. The summed E-state index contributed by atoms with van der Waals surface area (Å²) in [7, 11) is 3.99. The first kappa shape index (κ1) is 15.5. The lowest BCUT2D eigenvalue weighted by Crippen LogP contribution is -2.42. The number of aromatic amines is 1. The molecule has 0 bridgehead atoms. The summed E-state index contributed by atoms with van der Waals surface area (Å²) in [5, 5.41) is 6.55. The maximum atomic E-state index is 12.5. The normalized spacial score (nSPS) is 18.0. The number of anilines is 1. The lowest BCUT2D eigenvalue weighted by molar-refractivity contribution is -0.0249. The molecule has 0 aromatic carbocycles. The van der Waals surface area contributed by atoms with Crippen LogP contribution in [0.5, 0.6) is 0 Å². The van der Waals surface area contributed by atoms with Crippen LogP contribution in [0, 0.1) is 6.92 Å². The van der Waals surface area contributed by atoms with Crippen LogP contribution in [0.1, 0.15) is 28.0 Å². The van der Waals surface area contributed by atoms with Crippen LogP contribution in [0.4, 0.5) is 5.69 Å². The molecule has 1 saturated heterocycles. The first-order valence-electron chi connectivity index (χ1n) is 7.61. The van der Waals surface area contributed by atoms with Crippen molar-refractivity contribution < 1.29 is 9.53 Å². The molecule has 122 valence electrons. The number of ether oxygens (including phenoxy) is 1. The van der Waals surface area contributed by atoms with E-state index in [0.717, 1.165) is 17.1 Å². The van der Waals surface area contributed by atoms with E-state index in [0.29, 0.717) is 25.4 Å². The number of nitrogens with zero attached hydrogens (tertiary/aromatic N) is 4. The molecular weight excluding hydrogens is 294 g/mol. The van der Waals surface area contributed by atoms with Crippen molar-refractivity contribution in [3.05, 3.63) is 41.5 Å². The SMILES string of the molecule is Cc1cc(N(C)C)cc([C@H]2CN(C(=O)c3ccn[nH]3)CCO2)n1. The highest BCUT2D eigenvalue weighted by Gasteiger charge is 2.28. The lowest BCUT2D eigenvalue weighted by atomic mass is 10.1. The van der Waals surface area contributed by atoms with Crippen LogP contribution in [0.25, 0.3) is 0 Å². The van der Waals surface area contributed by atoms with Gasteiger partial charge < -0.3 is 14.5 Å². The summed E-state index contributed by atoms with van der Waals surface area (Å²) in [5.41, 5.74) is 3.37. The van der Waals surface area contributed by atoms with E-state index in [2.05, 4.69) is 15.2 Å². The standard InChI is InChI=1S/C16H21N5O2/c1-11-8-12(20(2)3)9-14(18-11)15-10-21(6-7-23-15)16(22)13-4-5-17-19-13/h4-5,8-9,15H,6-7,10H2,1-3H3,(H,17,19)/t15-/m1/s1. The van der Waals surface area contributed by atoms with E-state index in [9.17, 15) is 4.79 Å². The van der Waals surface area contributed by atoms with Crippen LogP contribution < -0.4 is 4.90 Å². The number of rotatable bonds is 3. The summed E-state index contributed by atoms with van der Waals surface area (Å²) in [6, 6.07) is 5.73. The fraction of sp³-hybridized carbons (Fsp3) is 0.438. The molecule has 0 spiro atoms. The molecule has 0 saturated carbocycles. The third-order valence-corrected chi connectivity index (χ3v) is 3.89. The number of aryl methyl sites for hydroxylation is 1. The van der Waals surface area contributed by atoms with Gasteiger partial charge in [0.05, 0.1) is 18.8 Å². The summed E-state index contributed by atoms with van der Waals surface area (Å²) in [6.45, 7) is 3.52. The van der Waals surface area contributed by atoms with Gasteiger partial charge in [-0.1, -0.05) is 0 Å². The maximum absolute atomic E-state index is 12.5. The first-order valence-corrected chi connectivity index (χ1v) is 7.61. The third kappa shape index (κ3) is 3.34. The predicted molar refractivity (Wildman–Crippen MR) is 86.5 cm³/mol. The van der Waals surface area contributed by atoms with E-state index in [4.69, 9.17) is 4.74 Å². The van der Waals surface area contributed by atoms with E-state index < -0.39 is 0 Å². The van der Waals surface area contributed by atoms with Gasteiger partial charge in [-0.25, -0.2) is 0 Å². The van der Waals surface area contributed by atoms with Crippen molar-refractivity contribution in [2.24, 2.45) is 0 Å². The Kier molecular flexibility index (Phi) is 4.29. The minimum Gasteiger partial charge on any atom is -0.378 e. The molecule has 1 aliphatic rings. The average molecular weight is 315 g/mol. The van der Waals surface area contributed by atoms with Gasteiger partial charge >= 0.3 is 0 Å². The Morgan fingerprint density at radius 3 is 2.96 bits per heavy atom. The van der Waals surface area contributed by atoms with Crippen molar-refractivity contribution in [1.82, 2.24) is 20.1 Å². The number of amides is 1. The van der Waals surface area contributed by atoms with Crippen molar-refractivity contribution in [2.75, 3.05) is 38.7 Å². The fourth-order valence-electron chi connectivity index (χ4n) is 2.66. The number of hydrogen-bond donors (Lipinski definition) is 1. The molecule has 1 aliphatic heterocycles. The molecule has 0 aliphatic carbocycles. The van der Waals surface area contributed by atoms with Gasteiger partial charge in [-0.2, -0.15) is 5.10 Å². The number of carbonyl (C=O) groups is 1. The average Bonchev–Trinajstić information content (AvgIpc) is 3.08. The van der Waals surface area contributed by atoms with Crippen LogP contribution in [-0.4, -0.2) is 59.8 Å². The molecule has 2 aromatic rings. The van der Waals surface area contributed by atoms with Gasteiger partial charge in [0.2, 0.25) is 0 Å². The van der Waals surface area contributed by atoms with Crippen molar-refractivity contribution in [3.63, 3.8) is 0 Å². The zero-order valence-electron chi connectivity index (χ0n) is 13.6. The largest absolute Gasteiger partial charge is 0.378 e. The van der Waals surface area contributed by atoms with Crippen LogP contribution in [0.15, 0.2) is 24.4 Å². The molecule has 1 amide bonds. The number of morpholine rings is 1. The summed E-state index contributed by atoms with van der Waals surface area (Å²) < 4.78 is 5.85. The molecular formula is C16H21N5O2. The van der Waals surface area contributed by atoms with Crippen molar-refractivity contribution in [3.8, 4) is 0 Å². The van der Waals surface area contributed by atoms with Gasteiger partial charge in [-0.05, 0) is 25.1 Å². The molecule has 0 radical (unpaired) electrons. The van der Waals surface area contributed by atoms with Gasteiger partial charge in [0.25, 0.3) is 5.91 Å². The fourth-order valence-corrected chi connectivity index (χ4v) is 2.66. The number of nitrogens with one attached hydrogen (secondary N) is 1. The summed E-state index contributed by atoms with van der Waals surface area (Å²) in [5.74, 6) is -0.0590. The molecule has 1 atom stereocenters. The van der Waals surface area contributed by atoms with E-state index in [1.165, 1.54) is 0 Å². The topological polar surface area (TPSA) is 74.3 Å². The van der Waals surface area contributed by atoms with Gasteiger partial charge in [0.1, 0.15) is 11.8 Å². The number of pyridine rings is 1. The van der Waals surface area contributed by atoms with Crippen LogP contribution in [0.2, 0.25) is 0 Å². The minimum atomic E-state index is -0.214. The van der Waals surface area contributed by atoms with Gasteiger partial charge in [0, 0.05) is 38.2 Å². The Morgan fingerprint density at radius 2 is 2.26 bits per heavy atom. The van der Waals surface area contributed by atoms with Crippen LogP contribution >= 0.6 is 0 Å². The second kappa shape index (κ2) is 6.37. The Labute approximate surface area is 135 Å². The number of carbonyl (C=O) groups excluding carboxylic acids is 1. The van der Waals surface area contributed by atoms with E-state index in [1.54, 1.807) is 17.2 Å². The highest BCUT2D eigenvalue weighted by molar-refractivity contribution is 5.92. The summed E-state index contributed by atoms with van der Waals surface area (Å²) >= 11 is 0. The second-order valence-electron chi connectivity index (χ2n) is 5.87. The highest BCUT2D eigenvalue weighted by Crippen LogP contribution is 2.25. The van der Waals surface area contributed by atoms with Gasteiger partial charge in [0.15, 0.2) is 0 Å². The Morgan fingerprint density at radius 1 is 1.43 bits per heavy atom. The van der Waals surface area contributed by atoms with Gasteiger partial charge in [-0.15, -0.1) is 0 Å². The zero-order valence-corrected chi connectivity index (χ0v) is 13.6. The first-order chi connectivity index (χ1) is 11.0. The van der Waals surface area contributed by atoms with E-state index >= 15 is 0 Å². The van der Waals surface area contributed by atoms with Crippen LogP contribution in [0.3, 0.4) is 0 Å². The molecule has 7 nitrogen and oxygen atoms in total. The summed E-state index contributed by atoms with van der Waals surface area (Å²) in [6.07, 6.45) is 1.37. The molecule has 3 rings (SSSR count). The zero-order chi connectivity index (χ0) is 16.4. The van der Waals surface area contributed by atoms with Crippen molar-refractivity contribution in [2.45, 2.75) is 13.0 Å². The second-order valence-corrected chi connectivity index (χ2v) is 5.87. The number of hydrogen-bond acceptors (Lipinski definition) is 5. The van der Waals surface area contributed by atoms with E-state index in [-0.39, 0.29) is 12.0 Å². The number of aromatic nitrogens is 3.